The van der Waals surface area contributed by atoms with E-state index in [1.54, 1.807) is 5.32 Å². The van der Waals surface area contributed by atoms with Gasteiger partial charge < -0.3 is 20.9 Å². The second-order valence-electron chi connectivity index (χ2n) is 5.55. The third kappa shape index (κ3) is 5.36. The summed E-state index contributed by atoms with van der Waals surface area (Å²) in [5.74, 6) is -7.68. The van der Waals surface area contributed by atoms with Crippen molar-refractivity contribution in [2.75, 3.05) is 18.5 Å². The van der Waals surface area contributed by atoms with Crippen LogP contribution in [0, 0.1) is 5.82 Å². The van der Waals surface area contributed by atoms with Gasteiger partial charge in [-0.2, -0.15) is 8.78 Å². The van der Waals surface area contributed by atoms with Crippen LogP contribution in [-0.4, -0.2) is 48.9 Å². The molecule has 7 nitrogen and oxygen atoms in total. The van der Waals surface area contributed by atoms with Gasteiger partial charge in [-0.15, -0.1) is 0 Å². The standard InChI is InChI=1S/C14H14F5N3O2.CH2O2/c1-13(6-24-5-10(20)22-13)8-4-7(2-3-9(8)15)21-12(23)14(18,19)11(16)17;2-1-3/h2-4,11H,5-6H2,1H3,(H2,20,22)(H,21,23);1H,(H,2,3). The molecule has 0 spiro atoms. The highest BCUT2D eigenvalue weighted by molar-refractivity contribution is 5.96. The largest absolute Gasteiger partial charge is 0.483 e. The van der Waals surface area contributed by atoms with Gasteiger partial charge in [0.1, 0.15) is 23.8 Å². The summed E-state index contributed by atoms with van der Waals surface area (Å²) >= 11 is 0. The summed E-state index contributed by atoms with van der Waals surface area (Å²) < 4.78 is 69.6. The number of ether oxygens (including phenoxy) is 1. The number of carbonyl (C=O) groups is 2. The minimum Gasteiger partial charge on any atom is -0.483 e. The fourth-order valence-electron chi connectivity index (χ4n) is 2.20. The number of amides is 1. The summed E-state index contributed by atoms with van der Waals surface area (Å²) in [6.07, 6.45) is -4.16. The SMILES string of the molecule is CC1(c2cc(NC(=O)C(F)(F)C(F)F)ccc2F)COCC(N)=N1.O=CO. The van der Waals surface area contributed by atoms with Crippen LogP contribution in [0.3, 0.4) is 0 Å². The molecule has 4 N–H and O–H groups in total. The molecule has 1 unspecified atom stereocenters. The molecule has 1 atom stereocenters. The number of aliphatic imine (C=N–C) groups is 1. The molecule has 150 valence electrons. The molecular weight excluding hydrogens is 381 g/mol. The monoisotopic (exact) mass is 397 g/mol. The molecule has 1 heterocycles. The number of hydrogen-bond acceptors (Lipinski definition) is 5. The molecule has 0 saturated heterocycles. The van der Waals surface area contributed by atoms with E-state index in [0.29, 0.717) is 0 Å². The molecule has 2 rings (SSSR count). The Kier molecular flexibility index (Phi) is 7.22. The maximum absolute atomic E-state index is 14.1. The summed E-state index contributed by atoms with van der Waals surface area (Å²) in [5, 5.41) is 8.53. The maximum Gasteiger partial charge on any atom is 0.383 e. The van der Waals surface area contributed by atoms with Crippen LogP contribution in [0.1, 0.15) is 12.5 Å². The summed E-state index contributed by atoms with van der Waals surface area (Å²) in [5.41, 5.74) is 3.96. The first-order valence-corrected chi connectivity index (χ1v) is 7.25. The number of nitrogens with two attached hydrogens (primary N) is 1. The highest BCUT2D eigenvalue weighted by Gasteiger charge is 2.49. The smallest absolute Gasteiger partial charge is 0.383 e. The number of benzene rings is 1. The fraction of sp³-hybridized carbons (Fsp3) is 0.400. The Morgan fingerprint density at radius 2 is 2.07 bits per heavy atom. The molecule has 1 aromatic carbocycles. The number of rotatable bonds is 4. The van der Waals surface area contributed by atoms with Gasteiger partial charge in [-0.3, -0.25) is 14.6 Å². The first kappa shape index (κ1) is 22.3. The molecule has 27 heavy (non-hydrogen) atoms. The van der Waals surface area contributed by atoms with Crippen molar-refractivity contribution in [3.05, 3.63) is 29.6 Å². The molecule has 1 amide bonds. The minimum absolute atomic E-state index is 0.0325. The number of nitrogens with one attached hydrogen (secondary N) is 1. The molecule has 0 radical (unpaired) electrons. The van der Waals surface area contributed by atoms with Crippen molar-refractivity contribution in [2.24, 2.45) is 10.7 Å². The number of hydrogen-bond donors (Lipinski definition) is 3. The lowest BCUT2D eigenvalue weighted by Gasteiger charge is -2.30. The van der Waals surface area contributed by atoms with E-state index in [1.807, 2.05) is 0 Å². The molecular formula is C15H16F5N3O4. The zero-order chi connectivity index (χ0) is 20.8. The first-order chi connectivity index (χ1) is 12.5. The Balaban J connectivity index is 0.00000114. The van der Waals surface area contributed by atoms with E-state index in [-0.39, 0.29) is 36.8 Å². The van der Waals surface area contributed by atoms with Gasteiger partial charge in [0.2, 0.25) is 0 Å². The van der Waals surface area contributed by atoms with Gasteiger partial charge in [0, 0.05) is 11.3 Å². The Morgan fingerprint density at radius 3 is 2.59 bits per heavy atom. The molecule has 0 fully saturated rings. The highest BCUT2D eigenvalue weighted by Crippen LogP contribution is 2.33. The van der Waals surface area contributed by atoms with Crippen molar-refractivity contribution in [3.8, 4) is 0 Å². The molecule has 12 heteroatoms. The van der Waals surface area contributed by atoms with Crippen molar-refractivity contribution in [2.45, 2.75) is 24.8 Å². The molecule has 1 aromatic rings. The van der Waals surface area contributed by atoms with Crippen molar-refractivity contribution in [1.29, 1.82) is 0 Å². The number of amidine groups is 1. The number of carboxylic acid groups (broad SMARTS) is 1. The predicted octanol–water partition coefficient (Wildman–Crippen LogP) is 1.97. The van der Waals surface area contributed by atoms with Crippen LogP contribution < -0.4 is 11.1 Å². The Bertz CT molecular complexity index is 729. The van der Waals surface area contributed by atoms with Crippen molar-refractivity contribution in [3.63, 3.8) is 0 Å². The quantitative estimate of drug-likeness (QED) is 0.531. The number of alkyl halides is 4. The van der Waals surface area contributed by atoms with Gasteiger partial charge in [0.05, 0.1) is 6.61 Å². The molecule has 1 aliphatic rings. The summed E-state index contributed by atoms with van der Waals surface area (Å²) in [6, 6.07) is 2.90. The van der Waals surface area contributed by atoms with Crippen molar-refractivity contribution >= 4 is 23.9 Å². The van der Waals surface area contributed by atoms with Crippen molar-refractivity contribution in [1.82, 2.24) is 0 Å². The normalized spacial score (nSPS) is 19.6. The maximum atomic E-state index is 14.1. The van der Waals surface area contributed by atoms with Crippen LogP contribution in [0.15, 0.2) is 23.2 Å². The van der Waals surface area contributed by atoms with Gasteiger partial charge in [-0.25, -0.2) is 13.2 Å². The van der Waals surface area contributed by atoms with E-state index in [9.17, 15) is 26.7 Å². The number of carbonyl (C=O) groups excluding carboxylic acids is 1. The zero-order valence-electron chi connectivity index (χ0n) is 13.9. The third-order valence-corrected chi connectivity index (χ3v) is 3.40. The van der Waals surface area contributed by atoms with E-state index in [4.69, 9.17) is 20.4 Å². The first-order valence-electron chi connectivity index (χ1n) is 7.25. The molecule has 0 aliphatic carbocycles. The number of anilines is 1. The lowest BCUT2D eigenvalue weighted by atomic mass is 9.92. The third-order valence-electron chi connectivity index (χ3n) is 3.40. The molecule has 0 bridgehead atoms. The average Bonchev–Trinajstić information content (AvgIpc) is 2.56. The van der Waals surface area contributed by atoms with Crippen LogP contribution in [0.25, 0.3) is 0 Å². The van der Waals surface area contributed by atoms with Crippen LogP contribution in [0.2, 0.25) is 0 Å². The van der Waals surface area contributed by atoms with Crippen LogP contribution in [0.4, 0.5) is 27.6 Å². The van der Waals surface area contributed by atoms with Gasteiger partial charge in [-0.1, -0.05) is 0 Å². The van der Waals surface area contributed by atoms with Crippen molar-refractivity contribution < 1.29 is 41.4 Å². The number of nitrogens with zero attached hydrogens (tertiary/aromatic N) is 1. The summed E-state index contributed by atoms with van der Waals surface area (Å²) in [7, 11) is 0. The Morgan fingerprint density at radius 1 is 1.48 bits per heavy atom. The van der Waals surface area contributed by atoms with Gasteiger partial charge in [-0.05, 0) is 25.1 Å². The fourth-order valence-corrected chi connectivity index (χ4v) is 2.20. The minimum atomic E-state index is -4.87. The van der Waals surface area contributed by atoms with E-state index in [1.165, 1.54) is 6.92 Å². The zero-order valence-corrected chi connectivity index (χ0v) is 13.9. The molecule has 0 saturated carbocycles. The van der Waals surface area contributed by atoms with E-state index < -0.39 is 29.6 Å². The van der Waals surface area contributed by atoms with Crippen LogP contribution in [-0.2, 0) is 19.9 Å². The lowest BCUT2D eigenvalue weighted by molar-refractivity contribution is -0.163. The van der Waals surface area contributed by atoms with Gasteiger partial charge in [0.15, 0.2) is 0 Å². The summed E-state index contributed by atoms with van der Waals surface area (Å²) in [4.78, 5) is 23.7. The Labute approximate surface area is 150 Å². The second-order valence-corrected chi connectivity index (χ2v) is 5.55. The van der Waals surface area contributed by atoms with E-state index in [2.05, 4.69) is 4.99 Å². The van der Waals surface area contributed by atoms with E-state index in [0.717, 1.165) is 18.2 Å². The predicted molar refractivity (Wildman–Crippen MR) is 84.5 cm³/mol. The lowest BCUT2D eigenvalue weighted by Crippen LogP contribution is -2.41. The number of halogens is 5. The molecule has 0 aromatic heterocycles. The molecule has 1 aliphatic heterocycles. The second kappa shape index (κ2) is 8.75. The average molecular weight is 397 g/mol. The van der Waals surface area contributed by atoms with Crippen LogP contribution in [0.5, 0.6) is 0 Å². The van der Waals surface area contributed by atoms with Gasteiger partial charge >= 0.3 is 18.3 Å². The van der Waals surface area contributed by atoms with E-state index >= 15 is 0 Å². The van der Waals surface area contributed by atoms with Gasteiger partial charge in [0.25, 0.3) is 6.47 Å². The topological polar surface area (TPSA) is 114 Å². The Hall–Kier alpha value is -2.76. The van der Waals surface area contributed by atoms with Crippen LogP contribution >= 0.6 is 0 Å². The summed E-state index contributed by atoms with van der Waals surface area (Å²) in [6.45, 7) is 1.28. The highest BCUT2D eigenvalue weighted by atomic mass is 19.3.